The van der Waals surface area contributed by atoms with Crippen LogP contribution in [0.3, 0.4) is 0 Å². The van der Waals surface area contributed by atoms with Crippen LogP contribution in [0.2, 0.25) is 0 Å². The average Bonchev–Trinajstić information content (AvgIpc) is 2.84. The molecule has 1 aliphatic heterocycles. The monoisotopic (exact) mass is 302 g/mol. The molecule has 3 rings (SSSR count). The summed E-state index contributed by atoms with van der Waals surface area (Å²) in [6.07, 6.45) is 1.91. The Hall–Kier alpha value is -1.86. The molecule has 1 saturated heterocycles. The molecule has 116 valence electrons. The number of aromatic nitrogens is 1. The van der Waals surface area contributed by atoms with Gasteiger partial charge < -0.3 is 13.9 Å². The second kappa shape index (κ2) is 4.57. The van der Waals surface area contributed by atoms with Crippen LogP contribution in [0.25, 0.3) is 10.9 Å². The first-order valence-electron chi connectivity index (χ1n) is 7.21. The van der Waals surface area contributed by atoms with Crippen LogP contribution in [0.15, 0.2) is 24.4 Å². The van der Waals surface area contributed by atoms with Crippen molar-refractivity contribution in [1.82, 2.24) is 4.57 Å². The highest BCUT2D eigenvalue weighted by Gasteiger charge is 2.52. The Kier molecular flexibility index (Phi) is 3.13. The highest BCUT2D eigenvalue weighted by atomic mass is 16.7. The number of hydrogen-bond donors (Lipinski definition) is 0. The lowest BCUT2D eigenvalue weighted by Crippen LogP contribution is -2.41. The summed E-state index contributed by atoms with van der Waals surface area (Å²) in [7, 11) is 1.39. The minimum Gasteiger partial charge on any atom is -0.399 e. The number of benzene rings is 1. The molecule has 7 heteroatoms. The van der Waals surface area contributed by atoms with Gasteiger partial charge in [-0.2, -0.15) is 0 Å². The van der Waals surface area contributed by atoms with E-state index in [0.717, 1.165) is 16.4 Å². The molecular weight excluding hydrogens is 283 g/mol. The summed E-state index contributed by atoms with van der Waals surface area (Å²) in [6.45, 7) is 8.01. The SMILES string of the molecule is Cn1cc(B2OC(C)(C)C(C)(C)O2)c2ccc([N+](=O)[O-])cc21. The van der Waals surface area contributed by atoms with Crippen molar-refractivity contribution in [2.45, 2.75) is 38.9 Å². The van der Waals surface area contributed by atoms with Gasteiger partial charge in [0, 0.05) is 30.8 Å². The maximum absolute atomic E-state index is 10.9. The molecule has 0 N–H and O–H groups in total. The van der Waals surface area contributed by atoms with Gasteiger partial charge in [-0.25, -0.2) is 0 Å². The van der Waals surface area contributed by atoms with Crippen LogP contribution in [-0.4, -0.2) is 27.8 Å². The molecule has 1 aromatic heterocycles. The molecule has 0 amide bonds. The molecule has 0 unspecified atom stereocenters. The van der Waals surface area contributed by atoms with Crippen molar-refractivity contribution in [1.29, 1.82) is 0 Å². The van der Waals surface area contributed by atoms with E-state index in [1.54, 1.807) is 12.1 Å². The van der Waals surface area contributed by atoms with E-state index < -0.39 is 18.3 Å². The van der Waals surface area contributed by atoms with Crippen LogP contribution in [0.5, 0.6) is 0 Å². The maximum atomic E-state index is 10.9. The molecule has 0 saturated carbocycles. The van der Waals surface area contributed by atoms with Gasteiger partial charge in [-0.15, -0.1) is 0 Å². The number of aryl methyl sites for hydroxylation is 1. The van der Waals surface area contributed by atoms with Crippen molar-refractivity contribution in [2.75, 3.05) is 0 Å². The van der Waals surface area contributed by atoms with E-state index in [9.17, 15) is 10.1 Å². The fourth-order valence-electron chi connectivity index (χ4n) is 2.68. The molecule has 6 nitrogen and oxygen atoms in total. The topological polar surface area (TPSA) is 66.5 Å². The molecule has 0 atom stereocenters. The smallest absolute Gasteiger partial charge is 0.399 e. The fourth-order valence-corrected chi connectivity index (χ4v) is 2.68. The van der Waals surface area contributed by atoms with E-state index in [1.807, 2.05) is 45.5 Å². The highest BCUT2D eigenvalue weighted by molar-refractivity contribution is 6.65. The lowest BCUT2D eigenvalue weighted by atomic mass is 9.79. The fraction of sp³-hybridized carbons (Fsp3) is 0.467. The van der Waals surface area contributed by atoms with Crippen molar-refractivity contribution >= 4 is 29.2 Å². The first-order chi connectivity index (χ1) is 10.1. The van der Waals surface area contributed by atoms with E-state index in [2.05, 4.69) is 0 Å². The minimum absolute atomic E-state index is 0.0779. The molecule has 2 aromatic rings. The Bertz CT molecular complexity index is 750. The molecule has 1 aliphatic rings. The minimum atomic E-state index is -0.477. The lowest BCUT2D eigenvalue weighted by Gasteiger charge is -2.32. The van der Waals surface area contributed by atoms with Crippen LogP contribution >= 0.6 is 0 Å². The van der Waals surface area contributed by atoms with E-state index >= 15 is 0 Å². The number of fused-ring (bicyclic) bond motifs is 1. The summed E-state index contributed by atoms with van der Waals surface area (Å²) in [5.74, 6) is 0. The summed E-state index contributed by atoms with van der Waals surface area (Å²) in [5, 5.41) is 11.8. The van der Waals surface area contributed by atoms with Crippen molar-refractivity contribution in [2.24, 2.45) is 7.05 Å². The number of nitrogens with zero attached hydrogens (tertiary/aromatic N) is 2. The number of nitro benzene ring substituents is 1. The van der Waals surface area contributed by atoms with E-state index in [0.29, 0.717) is 0 Å². The zero-order chi connectivity index (χ0) is 16.3. The van der Waals surface area contributed by atoms with Gasteiger partial charge in [-0.1, -0.05) is 0 Å². The van der Waals surface area contributed by atoms with Crippen molar-refractivity contribution in [3.8, 4) is 0 Å². The van der Waals surface area contributed by atoms with Crippen LogP contribution in [0.1, 0.15) is 27.7 Å². The highest BCUT2D eigenvalue weighted by Crippen LogP contribution is 2.37. The molecule has 0 aliphatic carbocycles. The summed E-state index contributed by atoms with van der Waals surface area (Å²) >= 11 is 0. The van der Waals surface area contributed by atoms with Crippen molar-refractivity contribution in [3.63, 3.8) is 0 Å². The predicted octanol–water partition coefficient (Wildman–Crippen LogP) is 2.39. The zero-order valence-electron chi connectivity index (χ0n) is 13.4. The Balaban J connectivity index is 2.08. The standard InChI is InChI=1S/C15H19BN2O4/c1-14(2)15(3,4)22-16(21-14)12-9-17(5)13-8-10(18(19)20)6-7-11(12)13/h6-9H,1-5H3. The zero-order valence-corrected chi connectivity index (χ0v) is 13.4. The van der Waals surface area contributed by atoms with Gasteiger partial charge in [-0.3, -0.25) is 10.1 Å². The quantitative estimate of drug-likeness (QED) is 0.485. The summed E-state index contributed by atoms with van der Waals surface area (Å²) in [4.78, 5) is 10.5. The molecule has 0 radical (unpaired) electrons. The van der Waals surface area contributed by atoms with Gasteiger partial charge in [0.1, 0.15) is 0 Å². The van der Waals surface area contributed by atoms with Gasteiger partial charge in [-0.05, 0) is 39.1 Å². The Labute approximate surface area is 129 Å². The van der Waals surface area contributed by atoms with Crippen LogP contribution in [0.4, 0.5) is 5.69 Å². The molecule has 1 fully saturated rings. The number of hydrogen-bond acceptors (Lipinski definition) is 4. The van der Waals surface area contributed by atoms with Gasteiger partial charge in [0.2, 0.25) is 0 Å². The molecule has 0 spiro atoms. The van der Waals surface area contributed by atoms with E-state index in [4.69, 9.17) is 9.31 Å². The van der Waals surface area contributed by atoms with Crippen molar-refractivity contribution in [3.05, 3.63) is 34.5 Å². The van der Waals surface area contributed by atoms with Gasteiger partial charge in [0.15, 0.2) is 0 Å². The lowest BCUT2D eigenvalue weighted by molar-refractivity contribution is -0.384. The summed E-state index contributed by atoms with van der Waals surface area (Å²) < 4.78 is 14.0. The molecular formula is C15H19BN2O4. The summed E-state index contributed by atoms with van der Waals surface area (Å²) in [5.41, 5.74) is 0.931. The predicted molar refractivity (Wildman–Crippen MR) is 85.3 cm³/mol. The van der Waals surface area contributed by atoms with Gasteiger partial charge in [0.05, 0.1) is 21.6 Å². The number of nitro groups is 1. The Morgan fingerprint density at radius 2 is 1.77 bits per heavy atom. The molecule has 1 aromatic carbocycles. The normalized spacial score (nSPS) is 19.8. The van der Waals surface area contributed by atoms with Crippen LogP contribution in [-0.2, 0) is 16.4 Å². The van der Waals surface area contributed by atoms with Gasteiger partial charge in [0.25, 0.3) is 5.69 Å². The second-order valence-corrected chi connectivity index (χ2v) is 6.74. The molecule has 0 bridgehead atoms. The first-order valence-corrected chi connectivity index (χ1v) is 7.21. The first kappa shape index (κ1) is 15.1. The van der Waals surface area contributed by atoms with E-state index in [-0.39, 0.29) is 10.6 Å². The summed E-state index contributed by atoms with van der Waals surface area (Å²) in [6, 6.07) is 4.84. The molecule has 2 heterocycles. The Morgan fingerprint density at radius 1 is 1.18 bits per heavy atom. The third kappa shape index (κ3) is 2.12. The van der Waals surface area contributed by atoms with Crippen molar-refractivity contribution < 1.29 is 14.2 Å². The second-order valence-electron chi connectivity index (χ2n) is 6.74. The Morgan fingerprint density at radius 3 is 2.32 bits per heavy atom. The number of non-ortho nitro benzene ring substituents is 1. The van der Waals surface area contributed by atoms with Crippen LogP contribution < -0.4 is 5.46 Å². The third-order valence-electron chi connectivity index (χ3n) is 4.72. The van der Waals surface area contributed by atoms with Crippen LogP contribution in [0, 0.1) is 10.1 Å². The van der Waals surface area contributed by atoms with E-state index in [1.165, 1.54) is 6.07 Å². The number of rotatable bonds is 2. The third-order valence-corrected chi connectivity index (χ3v) is 4.72. The molecule has 22 heavy (non-hydrogen) atoms. The largest absolute Gasteiger partial charge is 0.497 e. The average molecular weight is 302 g/mol. The van der Waals surface area contributed by atoms with Gasteiger partial charge >= 0.3 is 7.12 Å². The maximum Gasteiger partial charge on any atom is 0.497 e.